The fourth-order valence-corrected chi connectivity index (χ4v) is 3.95. The molecule has 0 unspecified atom stereocenters. The summed E-state index contributed by atoms with van der Waals surface area (Å²) in [6, 6.07) is 13.1. The monoisotopic (exact) mass is 539 g/mol. The Hall–Kier alpha value is -4.54. The van der Waals surface area contributed by atoms with Crippen LogP contribution in [0.1, 0.15) is 42.9 Å². The number of rotatable bonds is 17. The predicted molar refractivity (Wildman–Crippen MR) is 140 cm³/mol. The van der Waals surface area contributed by atoms with Crippen molar-refractivity contribution in [2.75, 3.05) is 0 Å². The van der Waals surface area contributed by atoms with Crippen LogP contribution in [0.5, 0.6) is 0 Å². The van der Waals surface area contributed by atoms with E-state index >= 15 is 0 Å². The third kappa shape index (κ3) is 10.8. The molecule has 5 N–H and O–H groups in total. The molecule has 11 heteroatoms. The van der Waals surface area contributed by atoms with Crippen LogP contribution in [0.4, 0.5) is 0 Å². The summed E-state index contributed by atoms with van der Waals surface area (Å²) in [7, 11) is 0. The van der Waals surface area contributed by atoms with Gasteiger partial charge in [0.2, 0.25) is 18.2 Å². The highest BCUT2D eigenvalue weighted by molar-refractivity contribution is 5.95. The van der Waals surface area contributed by atoms with Crippen LogP contribution in [0.15, 0.2) is 54.6 Å². The van der Waals surface area contributed by atoms with Gasteiger partial charge in [-0.05, 0) is 29.5 Å². The molecule has 0 radical (unpaired) electrons. The molecule has 3 amide bonds. The van der Waals surface area contributed by atoms with Crippen LogP contribution in [0.2, 0.25) is 0 Å². The van der Waals surface area contributed by atoms with Crippen LogP contribution in [0.3, 0.4) is 0 Å². The molecule has 0 aliphatic heterocycles. The lowest BCUT2D eigenvalue weighted by Crippen LogP contribution is -2.47. The van der Waals surface area contributed by atoms with Gasteiger partial charge in [-0.2, -0.15) is 0 Å². The Bertz CT molecular complexity index is 1150. The molecule has 0 aliphatic carbocycles. The third-order valence-corrected chi connectivity index (χ3v) is 6.05. The van der Waals surface area contributed by atoms with Gasteiger partial charge in [-0.15, -0.1) is 0 Å². The number of carboxylic acid groups (broad SMARTS) is 2. The van der Waals surface area contributed by atoms with E-state index in [1.807, 2.05) is 0 Å². The first-order chi connectivity index (χ1) is 18.6. The molecular formula is C28H33N3O8. The Balaban J connectivity index is 2.15. The number of hydrogen-bond donors (Lipinski definition) is 5. The van der Waals surface area contributed by atoms with E-state index in [2.05, 4.69) is 16.0 Å². The zero-order valence-electron chi connectivity index (χ0n) is 21.6. The van der Waals surface area contributed by atoms with Gasteiger partial charge in [-0.3, -0.25) is 24.0 Å². The minimum atomic E-state index is -1.38. The van der Waals surface area contributed by atoms with Crippen molar-refractivity contribution >= 4 is 35.9 Å². The Morgan fingerprint density at radius 1 is 0.821 bits per heavy atom. The number of hydrogen-bond acceptors (Lipinski definition) is 6. The van der Waals surface area contributed by atoms with Crippen LogP contribution < -0.4 is 16.0 Å². The Morgan fingerprint density at radius 2 is 1.46 bits per heavy atom. The van der Waals surface area contributed by atoms with Gasteiger partial charge in [0.15, 0.2) is 5.78 Å². The molecule has 0 spiro atoms. The molecule has 0 saturated carbocycles. The Kier molecular flexibility index (Phi) is 12.3. The summed E-state index contributed by atoms with van der Waals surface area (Å²) in [6.07, 6.45) is -0.355. The Labute approximate surface area is 226 Å². The van der Waals surface area contributed by atoms with Crippen LogP contribution >= 0.6 is 0 Å². The van der Waals surface area contributed by atoms with E-state index < -0.39 is 60.4 Å². The number of carbonyl (C=O) groups is 6. The number of aliphatic carboxylic acids is 2. The molecule has 3 atom stereocenters. The van der Waals surface area contributed by atoms with Crippen molar-refractivity contribution in [2.24, 2.45) is 5.92 Å². The van der Waals surface area contributed by atoms with E-state index in [1.54, 1.807) is 61.5 Å². The third-order valence-electron chi connectivity index (χ3n) is 6.05. The molecule has 0 heterocycles. The molecule has 11 nitrogen and oxygen atoms in total. The zero-order valence-corrected chi connectivity index (χ0v) is 21.6. The summed E-state index contributed by atoms with van der Waals surface area (Å²) in [5.74, 6) is -5.36. The number of carboxylic acids is 2. The smallest absolute Gasteiger partial charge is 0.326 e. The maximum Gasteiger partial charge on any atom is 0.326 e. The van der Waals surface area contributed by atoms with Gasteiger partial charge < -0.3 is 26.2 Å². The molecule has 0 aromatic heterocycles. The molecule has 2 rings (SSSR count). The number of carbonyl (C=O) groups excluding carboxylic acids is 4. The van der Waals surface area contributed by atoms with Crippen molar-refractivity contribution in [3.63, 3.8) is 0 Å². The number of Topliss-reactive ketones (excluding diaryl/α,β-unsaturated/α-hetero) is 1. The van der Waals surface area contributed by atoms with E-state index in [0.717, 1.165) is 11.1 Å². The molecule has 2 aromatic rings. The van der Waals surface area contributed by atoms with Crippen LogP contribution in [-0.2, 0) is 48.2 Å². The summed E-state index contributed by atoms with van der Waals surface area (Å²) in [5, 5.41) is 26.1. The van der Waals surface area contributed by atoms with E-state index in [1.165, 1.54) is 0 Å². The summed E-state index contributed by atoms with van der Waals surface area (Å²) < 4.78 is 0. The lowest BCUT2D eigenvalue weighted by molar-refractivity contribution is -0.143. The van der Waals surface area contributed by atoms with E-state index in [4.69, 9.17) is 0 Å². The van der Waals surface area contributed by atoms with E-state index in [-0.39, 0.29) is 19.3 Å². The number of benzene rings is 2. The molecule has 0 bridgehead atoms. The van der Waals surface area contributed by atoms with Gasteiger partial charge in [0.1, 0.15) is 6.04 Å². The van der Waals surface area contributed by atoms with Crippen LogP contribution in [0, 0.1) is 5.92 Å². The predicted octanol–water partition coefficient (Wildman–Crippen LogP) is 1.23. The lowest BCUT2D eigenvalue weighted by Gasteiger charge is -2.22. The molecule has 0 saturated heterocycles. The second-order valence-corrected chi connectivity index (χ2v) is 9.07. The molecular weight excluding hydrogens is 506 g/mol. The first-order valence-corrected chi connectivity index (χ1v) is 12.5. The number of nitrogens with one attached hydrogen (secondary N) is 3. The second-order valence-electron chi connectivity index (χ2n) is 9.07. The SMILES string of the molecule is CC[C@H](NC(=O)[C@@H](CC(=O)[C@H](CC(=O)O)NC(=O)Cc1ccc(CNC=O)cc1)Cc1ccccc1)C(=O)O. The normalized spacial score (nSPS) is 12.8. The van der Waals surface area contributed by atoms with Gasteiger partial charge in [0, 0.05) is 18.9 Å². The van der Waals surface area contributed by atoms with Crippen LogP contribution in [-0.4, -0.2) is 58.2 Å². The summed E-state index contributed by atoms with van der Waals surface area (Å²) in [4.78, 5) is 72.2. The highest BCUT2D eigenvalue weighted by atomic mass is 16.4. The van der Waals surface area contributed by atoms with Gasteiger partial charge >= 0.3 is 11.9 Å². The largest absolute Gasteiger partial charge is 0.481 e. The van der Waals surface area contributed by atoms with Gasteiger partial charge in [-0.1, -0.05) is 61.5 Å². The van der Waals surface area contributed by atoms with Crippen molar-refractivity contribution < 1.29 is 39.0 Å². The fourth-order valence-electron chi connectivity index (χ4n) is 3.95. The minimum absolute atomic E-state index is 0.116. The van der Waals surface area contributed by atoms with Crippen molar-refractivity contribution in [2.45, 2.75) is 57.7 Å². The average molecular weight is 540 g/mol. The number of ketones is 1. The highest BCUT2D eigenvalue weighted by Crippen LogP contribution is 2.16. The zero-order chi connectivity index (χ0) is 28.8. The summed E-state index contributed by atoms with van der Waals surface area (Å²) in [5.41, 5.74) is 2.17. The van der Waals surface area contributed by atoms with Gasteiger partial charge in [0.25, 0.3) is 0 Å². The molecule has 0 fully saturated rings. The van der Waals surface area contributed by atoms with Crippen LogP contribution in [0.25, 0.3) is 0 Å². The Morgan fingerprint density at radius 3 is 2.03 bits per heavy atom. The molecule has 0 aliphatic rings. The topological polar surface area (TPSA) is 179 Å². The van der Waals surface area contributed by atoms with Gasteiger partial charge in [-0.25, -0.2) is 4.79 Å². The fraction of sp³-hybridized carbons (Fsp3) is 0.357. The van der Waals surface area contributed by atoms with Crippen molar-refractivity contribution in [1.29, 1.82) is 0 Å². The summed E-state index contributed by atoms with van der Waals surface area (Å²) in [6.45, 7) is 1.93. The van der Waals surface area contributed by atoms with Crippen molar-refractivity contribution in [1.82, 2.24) is 16.0 Å². The van der Waals surface area contributed by atoms with Gasteiger partial charge in [0.05, 0.1) is 18.9 Å². The molecule has 39 heavy (non-hydrogen) atoms. The second kappa shape index (κ2) is 15.7. The summed E-state index contributed by atoms with van der Waals surface area (Å²) >= 11 is 0. The van der Waals surface area contributed by atoms with Crippen molar-refractivity contribution in [3.05, 3.63) is 71.3 Å². The molecule has 208 valence electrons. The average Bonchev–Trinajstić information content (AvgIpc) is 2.90. The standard InChI is InChI=1S/C28H33N3O8/c1-2-22(28(38)39)31-27(37)21(12-18-6-4-3-5-7-18)14-24(33)23(15-26(35)36)30-25(34)13-19-8-10-20(11-9-19)16-29-17-32/h3-11,17,21-23H,2,12-16H2,1H3,(H,29,32)(H,30,34)(H,31,37)(H,35,36)(H,38,39)/t21-,22+,23+/m1/s1. The maximum atomic E-state index is 13.2. The maximum absolute atomic E-state index is 13.2. The van der Waals surface area contributed by atoms with Crippen molar-refractivity contribution in [3.8, 4) is 0 Å². The van der Waals surface area contributed by atoms with E-state index in [9.17, 15) is 39.0 Å². The first-order valence-electron chi connectivity index (χ1n) is 12.5. The lowest BCUT2D eigenvalue weighted by atomic mass is 9.90. The van der Waals surface area contributed by atoms with E-state index in [0.29, 0.717) is 18.5 Å². The first kappa shape index (κ1) is 30.7. The number of amides is 3. The quantitative estimate of drug-likeness (QED) is 0.186. The molecule has 2 aromatic carbocycles. The minimum Gasteiger partial charge on any atom is -0.481 e. The highest BCUT2D eigenvalue weighted by Gasteiger charge is 2.31.